The van der Waals surface area contributed by atoms with Gasteiger partial charge < -0.3 is 66.2 Å². The van der Waals surface area contributed by atoms with Crippen molar-refractivity contribution in [2.24, 2.45) is 17.8 Å². The number of cyclic esters (lactones) is 1. The molecule has 4 heterocycles. The highest BCUT2D eigenvalue weighted by atomic mass is 28.4. The van der Waals surface area contributed by atoms with Crippen molar-refractivity contribution < 1.29 is 80.1 Å². The molecule has 19 atom stereocenters. The molecule has 1 unspecified atom stereocenters. The van der Waals surface area contributed by atoms with Gasteiger partial charge in [-0.05, 0) is 135 Å². The summed E-state index contributed by atoms with van der Waals surface area (Å²) in [4.78, 5) is 43.8. The molecule has 0 bridgehead atoms. The molecule has 0 aromatic heterocycles. The number of methoxy groups -OCH3 is 1. The third-order valence-corrected chi connectivity index (χ3v) is 15.9. The molecule has 0 spiro atoms. The molecule has 0 amide bonds. The maximum atomic E-state index is 18.5. The molecule has 4 rings (SSSR count). The van der Waals surface area contributed by atoms with Gasteiger partial charge in [-0.2, -0.15) is 0 Å². The van der Waals surface area contributed by atoms with Crippen LogP contribution in [0.1, 0.15) is 116 Å². The lowest BCUT2D eigenvalue weighted by molar-refractivity contribution is -0.317. The van der Waals surface area contributed by atoms with Crippen molar-refractivity contribution in [2.75, 3.05) is 21.2 Å². The summed E-state index contributed by atoms with van der Waals surface area (Å²) in [5.41, 5.74) is -8.42. The standard InChI is InChI=1S/C49H90FNO16Si2/c1-23-33-49(13)39(63-44(54)65-49)30(5)37(62-43(53)64-45(7,8)9)46(10,50)26-47(11,55)38(61-42-36(66-68(17,18)19)32(51(14)15)24-27(2)57-42)28(3)35(29(4)41(52)59-33)60-34-25-48(12,56-16)40(31(6)58-34)67-69(20,21)22/h27-40,42,55H,23-26H2,1-22H3/t27-,28+,29-,30+,31+,32+,33-,34?,35+,36-,37-,38-,39-,40+,42+,46+,47-,48-,49-/m1/s1. The summed E-state index contributed by atoms with van der Waals surface area (Å²) in [5, 5.41) is 13.2. The lowest BCUT2D eigenvalue weighted by Crippen LogP contribution is -2.64. The zero-order chi connectivity index (χ0) is 52.8. The zero-order valence-corrected chi connectivity index (χ0v) is 47.9. The number of carbonyl (C=O) groups excluding carboxylic acids is 3. The summed E-state index contributed by atoms with van der Waals surface area (Å²) >= 11 is 0. The Hall–Kier alpha value is -1.99. The van der Waals surface area contributed by atoms with Gasteiger partial charge in [-0.15, -0.1) is 0 Å². The fourth-order valence-corrected chi connectivity index (χ4v) is 13.2. The van der Waals surface area contributed by atoms with E-state index >= 15 is 4.39 Å². The average Bonchev–Trinajstić information content (AvgIpc) is 3.50. The number of likely N-dealkylation sites (N-methyl/N-ethyl adjacent to an activating group) is 1. The molecule has 17 nitrogen and oxygen atoms in total. The van der Waals surface area contributed by atoms with Crippen LogP contribution >= 0.6 is 0 Å². The summed E-state index contributed by atoms with van der Waals surface area (Å²) in [6.07, 6.45) is -12.9. The number of aliphatic hydroxyl groups is 1. The predicted molar refractivity (Wildman–Crippen MR) is 260 cm³/mol. The Bertz CT molecular complexity index is 1750. The van der Waals surface area contributed by atoms with Crippen LogP contribution in [0.2, 0.25) is 39.3 Å². The lowest BCUT2D eigenvalue weighted by atomic mass is 9.72. The zero-order valence-electron chi connectivity index (χ0n) is 45.9. The van der Waals surface area contributed by atoms with Crippen molar-refractivity contribution in [3.63, 3.8) is 0 Å². The molecule has 20 heteroatoms. The molecule has 4 saturated heterocycles. The Morgan fingerprint density at radius 1 is 0.855 bits per heavy atom. The van der Waals surface area contributed by atoms with Crippen LogP contribution in [0, 0.1) is 17.8 Å². The summed E-state index contributed by atoms with van der Waals surface area (Å²) in [5.74, 6) is -3.99. The van der Waals surface area contributed by atoms with Crippen LogP contribution in [0.3, 0.4) is 0 Å². The van der Waals surface area contributed by atoms with E-state index in [2.05, 4.69) is 44.2 Å². The largest absolute Gasteiger partial charge is 0.509 e. The summed E-state index contributed by atoms with van der Waals surface area (Å²) < 4.78 is 95.0. The third kappa shape index (κ3) is 14.6. The monoisotopic (exact) mass is 1020 g/mol. The first kappa shape index (κ1) is 59.6. The number of fused-ring (bicyclic) bond motifs is 1. The molecule has 4 fully saturated rings. The second-order valence-corrected chi connectivity index (χ2v) is 33.2. The van der Waals surface area contributed by atoms with E-state index in [1.54, 1.807) is 62.5 Å². The van der Waals surface area contributed by atoms with Crippen LogP contribution in [0.15, 0.2) is 0 Å². The SMILES string of the molecule is CC[C@H]1OC(=O)[C@H](C)[C@@H](OC2C[C@@](C)(OC)[C@@H](O[Si](C)(C)C)[C@H](C)O2)[C@H](C)[C@@H](O[C@@H]2O[C@H](C)C[C@H](N(C)C)[C@H]2O[Si](C)(C)C)[C@](C)(O)C[C@](C)(F)[C@H](OC(=O)OC(C)(C)C)[C@H](C)[C@H]2OC(=O)O[C@@]21C. The number of hydrogen-bond acceptors (Lipinski definition) is 17. The molecule has 402 valence electrons. The fraction of sp³-hybridized carbons (Fsp3) is 0.939. The first-order valence-corrected chi connectivity index (χ1v) is 31.7. The maximum absolute atomic E-state index is 18.5. The van der Waals surface area contributed by atoms with Crippen molar-refractivity contribution in [1.82, 2.24) is 4.90 Å². The van der Waals surface area contributed by atoms with Crippen LogP contribution in [0.5, 0.6) is 0 Å². The van der Waals surface area contributed by atoms with Gasteiger partial charge in [0.25, 0.3) is 0 Å². The Balaban J connectivity index is 1.99. The van der Waals surface area contributed by atoms with Crippen molar-refractivity contribution in [1.29, 1.82) is 0 Å². The van der Waals surface area contributed by atoms with Crippen LogP contribution in [-0.2, 0) is 61.0 Å². The molecule has 0 aromatic rings. The van der Waals surface area contributed by atoms with Crippen LogP contribution < -0.4 is 0 Å². The van der Waals surface area contributed by atoms with Gasteiger partial charge >= 0.3 is 18.3 Å². The number of nitrogens with zero attached hydrogens (tertiary/aromatic N) is 1. The van der Waals surface area contributed by atoms with Gasteiger partial charge in [-0.25, -0.2) is 14.0 Å². The van der Waals surface area contributed by atoms with Crippen molar-refractivity contribution in [3.8, 4) is 0 Å². The molecule has 0 radical (unpaired) electrons. The maximum Gasteiger partial charge on any atom is 0.509 e. The molecule has 0 saturated carbocycles. The quantitative estimate of drug-likeness (QED) is 0.111. The van der Waals surface area contributed by atoms with E-state index in [-0.39, 0.29) is 25.0 Å². The Morgan fingerprint density at radius 3 is 1.97 bits per heavy atom. The van der Waals surface area contributed by atoms with Gasteiger partial charge in [-0.3, -0.25) is 4.79 Å². The minimum atomic E-state index is -2.61. The number of ether oxygens (including phenoxy) is 10. The van der Waals surface area contributed by atoms with Crippen LogP contribution in [0.25, 0.3) is 0 Å². The topological polar surface area (TPSA) is 185 Å². The van der Waals surface area contributed by atoms with E-state index in [9.17, 15) is 19.5 Å². The number of alkyl halides is 1. The Morgan fingerprint density at radius 2 is 1.45 bits per heavy atom. The highest BCUT2D eigenvalue weighted by molar-refractivity contribution is 6.70. The molecule has 1 N–H and O–H groups in total. The number of hydrogen-bond donors (Lipinski definition) is 1. The summed E-state index contributed by atoms with van der Waals surface area (Å²) in [7, 11) is 1.09. The van der Waals surface area contributed by atoms with E-state index in [0.29, 0.717) is 6.42 Å². The summed E-state index contributed by atoms with van der Waals surface area (Å²) in [6.45, 7) is 34.0. The molecular weight excluding hydrogens is 934 g/mol. The normalized spacial score (nSPS) is 43.2. The van der Waals surface area contributed by atoms with E-state index < -0.39 is 149 Å². The first-order valence-electron chi connectivity index (χ1n) is 24.9. The van der Waals surface area contributed by atoms with Crippen molar-refractivity contribution in [2.45, 2.75) is 257 Å². The molecule has 4 aliphatic heterocycles. The van der Waals surface area contributed by atoms with E-state index in [4.69, 9.17) is 56.2 Å². The van der Waals surface area contributed by atoms with E-state index in [0.717, 1.165) is 0 Å². The van der Waals surface area contributed by atoms with Gasteiger partial charge in [0.2, 0.25) is 0 Å². The Kier molecular flexibility index (Phi) is 18.9. The van der Waals surface area contributed by atoms with Crippen molar-refractivity contribution >= 4 is 34.9 Å². The predicted octanol–water partition coefficient (Wildman–Crippen LogP) is 8.53. The molecule has 4 aliphatic rings. The lowest BCUT2D eigenvalue weighted by Gasteiger charge is -2.51. The number of halogens is 1. The molecule has 0 aliphatic carbocycles. The Labute approximate surface area is 414 Å². The van der Waals surface area contributed by atoms with E-state index in [1.165, 1.54) is 13.8 Å². The molecule has 0 aromatic carbocycles. The average molecular weight is 1020 g/mol. The minimum Gasteiger partial charge on any atom is -0.458 e. The molecule has 69 heavy (non-hydrogen) atoms. The van der Waals surface area contributed by atoms with Gasteiger partial charge in [0.1, 0.15) is 29.6 Å². The van der Waals surface area contributed by atoms with Crippen LogP contribution in [-0.4, -0.2) is 168 Å². The third-order valence-electron chi connectivity index (χ3n) is 13.9. The van der Waals surface area contributed by atoms with E-state index in [1.807, 2.05) is 34.9 Å². The molecular formula is C49H90FNO16Si2. The number of carbonyl (C=O) groups is 3. The van der Waals surface area contributed by atoms with Gasteiger partial charge in [-0.1, -0.05) is 20.8 Å². The second kappa shape index (κ2) is 21.8. The first-order chi connectivity index (χ1) is 31.3. The highest BCUT2D eigenvalue weighted by Crippen LogP contribution is 2.47. The van der Waals surface area contributed by atoms with Gasteiger partial charge in [0, 0.05) is 37.8 Å². The smallest absolute Gasteiger partial charge is 0.458 e. The highest BCUT2D eigenvalue weighted by Gasteiger charge is 2.63. The second-order valence-electron chi connectivity index (χ2n) is 24.3. The summed E-state index contributed by atoms with van der Waals surface area (Å²) in [6, 6.07) is -0.184. The van der Waals surface area contributed by atoms with Crippen molar-refractivity contribution in [3.05, 3.63) is 0 Å². The minimum absolute atomic E-state index is 0.136. The fourth-order valence-electron chi connectivity index (χ4n) is 10.9. The van der Waals surface area contributed by atoms with Crippen LogP contribution in [0.4, 0.5) is 14.0 Å². The van der Waals surface area contributed by atoms with Gasteiger partial charge in [0.15, 0.2) is 40.9 Å². The number of esters is 1. The van der Waals surface area contributed by atoms with Gasteiger partial charge in [0.05, 0.1) is 47.6 Å². The number of rotatable bonds is 12.